The number of carbonyl (C=O) groups excluding carboxylic acids is 2. The van der Waals surface area contributed by atoms with Gasteiger partial charge < -0.3 is 14.6 Å². The maximum Gasteiger partial charge on any atom is 0.343 e. The Morgan fingerprint density at radius 1 is 0.941 bits per heavy atom. The number of hydrogen-bond acceptors (Lipinski definition) is 6. The Labute approximate surface area is 203 Å². The summed E-state index contributed by atoms with van der Waals surface area (Å²) < 4.78 is 11.5. The second kappa shape index (κ2) is 10.2. The van der Waals surface area contributed by atoms with Crippen LogP contribution in [0.1, 0.15) is 26.3 Å². The van der Waals surface area contributed by atoms with Crippen molar-refractivity contribution in [3.05, 3.63) is 100 Å². The first-order valence-corrected chi connectivity index (χ1v) is 10.9. The highest BCUT2D eigenvalue weighted by Gasteiger charge is 2.14. The first-order chi connectivity index (χ1) is 16.4. The van der Waals surface area contributed by atoms with Gasteiger partial charge in [0.15, 0.2) is 11.5 Å². The number of aromatic hydroxyl groups is 1. The lowest BCUT2D eigenvalue weighted by atomic mass is 10.1. The summed E-state index contributed by atoms with van der Waals surface area (Å²) in [6.45, 7) is 0. The Morgan fingerprint density at radius 2 is 1.71 bits per heavy atom. The van der Waals surface area contributed by atoms with Crippen molar-refractivity contribution in [1.82, 2.24) is 5.43 Å². The van der Waals surface area contributed by atoms with Gasteiger partial charge in [-0.25, -0.2) is 10.2 Å². The van der Waals surface area contributed by atoms with E-state index in [9.17, 15) is 14.7 Å². The molecular formula is C26H19BrN2O5. The predicted octanol–water partition coefficient (Wildman–Crippen LogP) is 5.30. The van der Waals surface area contributed by atoms with Crippen molar-refractivity contribution in [2.45, 2.75) is 0 Å². The highest BCUT2D eigenvalue weighted by atomic mass is 79.9. The van der Waals surface area contributed by atoms with Crippen LogP contribution in [0.15, 0.2) is 88.4 Å². The molecule has 0 aromatic heterocycles. The number of nitrogens with zero attached hydrogens (tertiary/aromatic N) is 1. The molecule has 0 atom stereocenters. The van der Waals surface area contributed by atoms with Crippen LogP contribution in [-0.2, 0) is 0 Å². The zero-order chi connectivity index (χ0) is 24.1. The molecule has 7 nitrogen and oxygen atoms in total. The number of amides is 1. The Balaban J connectivity index is 1.46. The molecule has 0 aliphatic carbocycles. The molecule has 8 heteroatoms. The third-order valence-electron chi connectivity index (χ3n) is 4.94. The number of fused-ring (bicyclic) bond motifs is 1. The van der Waals surface area contributed by atoms with Crippen LogP contribution in [0, 0.1) is 0 Å². The zero-order valence-corrected chi connectivity index (χ0v) is 19.6. The normalized spacial score (nSPS) is 10.9. The van der Waals surface area contributed by atoms with Gasteiger partial charge in [-0.05, 0) is 64.9 Å². The maximum absolute atomic E-state index is 12.5. The summed E-state index contributed by atoms with van der Waals surface area (Å²) >= 11 is 3.33. The monoisotopic (exact) mass is 518 g/mol. The van der Waals surface area contributed by atoms with Crippen molar-refractivity contribution in [3.8, 4) is 17.2 Å². The predicted molar refractivity (Wildman–Crippen MR) is 133 cm³/mol. The van der Waals surface area contributed by atoms with Gasteiger partial charge in [0.25, 0.3) is 5.91 Å². The smallest absolute Gasteiger partial charge is 0.343 e. The number of hydrazone groups is 1. The summed E-state index contributed by atoms with van der Waals surface area (Å²) in [6.07, 6.45) is 1.42. The number of methoxy groups -OCH3 is 1. The average Bonchev–Trinajstić information content (AvgIpc) is 2.84. The minimum Gasteiger partial charge on any atom is -0.507 e. The van der Waals surface area contributed by atoms with E-state index in [1.165, 1.54) is 19.4 Å². The molecule has 0 saturated heterocycles. The first-order valence-electron chi connectivity index (χ1n) is 10.2. The number of esters is 1. The van der Waals surface area contributed by atoms with Crippen molar-refractivity contribution < 1.29 is 24.2 Å². The lowest BCUT2D eigenvalue weighted by Crippen LogP contribution is -2.17. The Hall–Kier alpha value is -4.17. The Kier molecular flexibility index (Phi) is 6.89. The fraction of sp³-hybridized carbons (Fsp3) is 0.0385. The second-order valence-electron chi connectivity index (χ2n) is 7.23. The molecule has 0 aliphatic heterocycles. The van der Waals surface area contributed by atoms with Gasteiger partial charge in [0, 0.05) is 4.47 Å². The minimum atomic E-state index is -0.550. The van der Waals surface area contributed by atoms with E-state index < -0.39 is 11.9 Å². The van der Waals surface area contributed by atoms with Crippen molar-refractivity contribution in [1.29, 1.82) is 0 Å². The van der Waals surface area contributed by atoms with Crippen LogP contribution in [0.3, 0.4) is 0 Å². The number of nitrogens with one attached hydrogen (secondary N) is 1. The van der Waals surface area contributed by atoms with Crippen molar-refractivity contribution >= 4 is 44.8 Å². The number of carbonyl (C=O) groups is 2. The highest BCUT2D eigenvalue weighted by Crippen LogP contribution is 2.29. The van der Waals surface area contributed by atoms with Gasteiger partial charge in [0.05, 0.1) is 24.5 Å². The zero-order valence-electron chi connectivity index (χ0n) is 18.0. The van der Waals surface area contributed by atoms with Gasteiger partial charge in [-0.1, -0.05) is 46.3 Å². The fourth-order valence-electron chi connectivity index (χ4n) is 3.26. The number of hydrogen-bond donors (Lipinski definition) is 2. The average molecular weight is 519 g/mol. The summed E-state index contributed by atoms with van der Waals surface area (Å²) in [5.74, 6) is -0.639. The van der Waals surface area contributed by atoms with E-state index >= 15 is 0 Å². The van der Waals surface area contributed by atoms with Gasteiger partial charge in [-0.3, -0.25) is 4.79 Å². The molecule has 0 fully saturated rings. The number of ether oxygens (including phenoxy) is 2. The summed E-state index contributed by atoms with van der Waals surface area (Å²) in [5, 5.41) is 15.8. The largest absolute Gasteiger partial charge is 0.507 e. The fourth-order valence-corrected chi connectivity index (χ4v) is 3.66. The summed E-state index contributed by atoms with van der Waals surface area (Å²) in [7, 11) is 1.46. The second-order valence-corrected chi connectivity index (χ2v) is 8.14. The van der Waals surface area contributed by atoms with E-state index in [1.54, 1.807) is 42.5 Å². The van der Waals surface area contributed by atoms with Crippen molar-refractivity contribution in [2.24, 2.45) is 5.10 Å². The van der Waals surface area contributed by atoms with Crippen LogP contribution in [0.2, 0.25) is 0 Å². The number of benzene rings is 4. The van der Waals surface area contributed by atoms with E-state index in [0.717, 1.165) is 15.2 Å². The van der Waals surface area contributed by atoms with Crippen molar-refractivity contribution in [3.63, 3.8) is 0 Å². The standard InChI is InChI=1S/C26H19BrN2O5/c1-33-24-11-16(9-10-23(24)34-26(32)19-7-4-8-20(27)12-19)15-28-29-25(31)21-13-17-5-2-3-6-18(17)14-22(21)30/h2-15,30H,1H3,(H,29,31)/b28-15+. The molecular weight excluding hydrogens is 500 g/mol. The number of rotatable bonds is 6. The molecule has 4 aromatic carbocycles. The minimum absolute atomic E-state index is 0.114. The molecule has 1 amide bonds. The molecule has 34 heavy (non-hydrogen) atoms. The molecule has 0 unspecified atom stereocenters. The van der Waals surface area contributed by atoms with Gasteiger partial charge >= 0.3 is 5.97 Å². The molecule has 0 aliphatic rings. The van der Waals surface area contributed by atoms with Gasteiger partial charge in [-0.15, -0.1) is 0 Å². The quantitative estimate of drug-likeness (QED) is 0.156. The summed E-state index contributed by atoms with van der Waals surface area (Å²) in [6, 6.07) is 22.3. The van der Waals surface area contributed by atoms with Crippen LogP contribution in [0.5, 0.6) is 17.2 Å². The van der Waals surface area contributed by atoms with E-state index in [-0.39, 0.29) is 17.1 Å². The third kappa shape index (κ3) is 5.24. The number of phenols is 1. The molecule has 0 spiro atoms. The lowest BCUT2D eigenvalue weighted by molar-refractivity contribution is 0.0729. The molecule has 0 radical (unpaired) electrons. The van der Waals surface area contributed by atoms with E-state index in [4.69, 9.17) is 9.47 Å². The van der Waals surface area contributed by atoms with Crippen LogP contribution in [0.25, 0.3) is 10.8 Å². The van der Waals surface area contributed by atoms with Crippen LogP contribution >= 0.6 is 15.9 Å². The van der Waals surface area contributed by atoms with E-state index in [1.807, 2.05) is 30.3 Å². The first kappa shape index (κ1) is 23.0. The van der Waals surface area contributed by atoms with Gasteiger partial charge in [0.2, 0.25) is 0 Å². The molecule has 0 bridgehead atoms. The van der Waals surface area contributed by atoms with Gasteiger partial charge in [0.1, 0.15) is 5.75 Å². The Bertz CT molecular complexity index is 1420. The summed E-state index contributed by atoms with van der Waals surface area (Å²) in [5.41, 5.74) is 3.51. The topological polar surface area (TPSA) is 97.2 Å². The Morgan fingerprint density at radius 3 is 2.44 bits per heavy atom. The molecule has 4 aromatic rings. The van der Waals surface area contributed by atoms with Crippen LogP contribution in [0.4, 0.5) is 0 Å². The summed E-state index contributed by atoms with van der Waals surface area (Å²) in [4.78, 5) is 24.9. The maximum atomic E-state index is 12.5. The SMILES string of the molecule is COc1cc(/C=N/NC(=O)c2cc3ccccc3cc2O)ccc1OC(=O)c1cccc(Br)c1. The van der Waals surface area contributed by atoms with Crippen molar-refractivity contribution in [2.75, 3.05) is 7.11 Å². The highest BCUT2D eigenvalue weighted by molar-refractivity contribution is 9.10. The molecule has 2 N–H and O–H groups in total. The number of phenolic OH excluding ortho intramolecular Hbond substituents is 1. The molecule has 170 valence electrons. The lowest BCUT2D eigenvalue weighted by Gasteiger charge is -2.10. The van der Waals surface area contributed by atoms with Gasteiger partial charge in [-0.2, -0.15) is 5.10 Å². The van der Waals surface area contributed by atoms with E-state index in [2.05, 4.69) is 26.5 Å². The van der Waals surface area contributed by atoms with E-state index in [0.29, 0.717) is 16.9 Å². The molecule has 0 heterocycles. The number of halogens is 1. The molecule has 4 rings (SSSR count). The third-order valence-corrected chi connectivity index (χ3v) is 5.43. The van der Waals surface area contributed by atoms with Crippen LogP contribution < -0.4 is 14.9 Å². The molecule has 0 saturated carbocycles. The van der Waals surface area contributed by atoms with Crippen LogP contribution in [-0.4, -0.2) is 30.3 Å².